The summed E-state index contributed by atoms with van der Waals surface area (Å²) in [5.74, 6) is 5.22. The summed E-state index contributed by atoms with van der Waals surface area (Å²) < 4.78 is 26.3. The molecule has 65 heavy (non-hydrogen) atoms. The third-order valence-electron chi connectivity index (χ3n) is 11.2. The molecule has 0 spiro atoms. The van der Waals surface area contributed by atoms with E-state index in [-0.39, 0.29) is 49.1 Å². The fourth-order valence-electron chi connectivity index (χ4n) is 7.90. The summed E-state index contributed by atoms with van der Waals surface area (Å²) >= 11 is 1.50. The van der Waals surface area contributed by atoms with Crippen molar-refractivity contribution in [1.82, 2.24) is 30.1 Å². The lowest BCUT2D eigenvalue weighted by Gasteiger charge is -2.21. The quantitative estimate of drug-likeness (QED) is 0.0541. The highest BCUT2D eigenvalue weighted by molar-refractivity contribution is 7.21. The number of amides is 4. The van der Waals surface area contributed by atoms with E-state index in [1.165, 1.54) is 20.5 Å². The van der Waals surface area contributed by atoms with Crippen molar-refractivity contribution in [3.63, 3.8) is 0 Å². The number of aryl methyl sites for hydroxylation is 1. The summed E-state index contributed by atoms with van der Waals surface area (Å²) in [6.07, 6.45) is 1.62. The van der Waals surface area contributed by atoms with Crippen LogP contribution in [0, 0.1) is 11.8 Å². The average Bonchev–Trinajstić information content (AvgIpc) is 3.75. The van der Waals surface area contributed by atoms with Crippen LogP contribution in [0.2, 0.25) is 0 Å². The first-order chi connectivity index (χ1) is 31.6. The second-order valence-electron chi connectivity index (χ2n) is 15.9. The van der Waals surface area contributed by atoms with E-state index in [0.29, 0.717) is 87.9 Å². The number of piperidine rings is 1. The Balaban J connectivity index is 0.656. The lowest BCUT2D eigenvalue weighted by Crippen LogP contribution is -2.44. The Labute approximate surface area is 379 Å². The van der Waals surface area contributed by atoms with Gasteiger partial charge in [-0.1, -0.05) is 30.0 Å². The van der Waals surface area contributed by atoms with Gasteiger partial charge < -0.3 is 34.9 Å². The lowest BCUT2D eigenvalue weighted by atomic mass is 10.0. The number of imide groups is 1. The van der Waals surface area contributed by atoms with Crippen molar-refractivity contribution in [2.24, 2.45) is 7.05 Å². The van der Waals surface area contributed by atoms with Crippen LogP contribution in [0.3, 0.4) is 0 Å². The molecular formula is C48H51N7O9S. The van der Waals surface area contributed by atoms with Crippen LogP contribution in [0.15, 0.2) is 71.5 Å². The molecule has 1 saturated heterocycles. The number of imidazole rings is 1. The Bertz CT molecular complexity index is 2860. The molecule has 8 rings (SSSR count). The first-order valence-electron chi connectivity index (χ1n) is 21.8. The average molecular weight is 902 g/mol. The monoisotopic (exact) mass is 901 g/mol. The number of thiophene rings is 1. The second kappa shape index (κ2) is 21.0. The molecule has 1 unspecified atom stereocenters. The number of anilines is 1. The highest BCUT2D eigenvalue weighted by atomic mass is 32.1. The molecule has 0 saturated carbocycles. The first kappa shape index (κ1) is 45.2. The van der Waals surface area contributed by atoms with E-state index in [1.807, 2.05) is 67.6 Å². The SMILES string of the molecule is C[C@@H]1CNc2c(sc3ccc4nc(-c5ccc(C#CCCNC(=O)COCCOCCOCCOCCc6ccc7c(c6)n(C)c(=O)n7C6CCC(=O)NC6=O)cc5)ccc4c23)C(=O)N1. The minimum atomic E-state index is -0.714. The van der Waals surface area contributed by atoms with Crippen molar-refractivity contribution >= 4 is 72.7 Å². The predicted octanol–water partition coefficient (Wildman–Crippen LogP) is 4.46. The number of nitrogens with zero attached hydrogens (tertiary/aromatic N) is 3. The van der Waals surface area contributed by atoms with Crippen LogP contribution in [0.25, 0.3) is 43.3 Å². The van der Waals surface area contributed by atoms with E-state index in [2.05, 4.69) is 39.2 Å². The number of fused-ring (bicyclic) bond motifs is 6. The standard InChI is InChI=1S/C48H51N7O9S/c1-30-28-50-44-43-34-11-12-35(52-36(34)13-16-40(43)65-45(44)47(59)51-30)33-9-6-31(7-10-33)5-3-4-19-49-42(57)29-64-26-25-63-24-23-62-22-21-61-20-18-32-8-14-37-39(27-32)54(2)48(60)55(37)38-15-17-41(56)53-46(38)58/h6-14,16,27,30,38,50H,4,15,17-26,28-29H2,1-2H3,(H,49,57)(H,51,59)(H,53,56,58)/t30-,38?/m1/s1. The zero-order valence-electron chi connectivity index (χ0n) is 36.3. The molecule has 2 aliphatic heterocycles. The minimum absolute atomic E-state index is 0.0446. The topological polar surface area (TPSA) is 193 Å². The number of benzene rings is 3. The zero-order valence-corrected chi connectivity index (χ0v) is 37.1. The van der Waals surface area contributed by atoms with Crippen LogP contribution in [0.1, 0.15) is 53.0 Å². The maximum absolute atomic E-state index is 13.0. The Morgan fingerprint density at radius 2 is 1.65 bits per heavy atom. The Kier molecular flexibility index (Phi) is 14.6. The van der Waals surface area contributed by atoms with Crippen LogP contribution in [0.4, 0.5) is 5.69 Å². The van der Waals surface area contributed by atoms with Crippen LogP contribution in [-0.4, -0.2) is 110 Å². The van der Waals surface area contributed by atoms with Crippen LogP contribution in [-0.2, 0) is 46.8 Å². The normalized spacial score (nSPS) is 16.1. The molecule has 3 aromatic heterocycles. The highest BCUT2D eigenvalue weighted by Crippen LogP contribution is 2.41. The molecule has 16 nitrogen and oxygen atoms in total. The van der Waals surface area contributed by atoms with Gasteiger partial charge in [-0.15, -0.1) is 11.3 Å². The van der Waals surface area contributed by atoms with Crippen LogP contribution < -0.4 is 27.0 Å². The summed E-state index contributed by atoms with van der Waals surface area (Å²) in [5, 5.41) is 13.7. The van der Waals surface area contributed by atoms with Gasteiger partial charge in [0.2, 0.25) is 17.7 Å². The molecule has 4 amide bonds. The number of pyridine rings is 1. The largest absolute Gasteiger partial charge is 0.381 e. The van der Waals surface area contributed by atoms with Gasteiger partial charge in [0.05, 0.1) is 74.2 Å². The number of rotatable bonds is 18. The van der Waals surface area contributed by atoms with Crippen molar-refractivity contribution < 1.29 is 38.1 Å². The molecule has 0 aliphatic carbocycles. The number of aromatic nitrogens is 3. The maximum atomic E-state index is 13.0. The molecular weight excluding hydrogens is 851 g/mol. The van der Waals surface area contributed by atoms with E-state index in [4.69, 9.17) is 23.9 Å². The summed E-state index contributed by atoms with van der Waals surface area (Å²) in [4.78, 5) is 67.6. The van der Waals surface area contributed by atoms with Crippen molar-refractivity contribution in [3.8, 4) is 23.1 Å². The summed E-state index contributed by atoms with van der Waals surface area (Å²) in [7, 11) is 1.67. The van der Waals surface area contributed by atoms with Gasteiger partial charge in [-0.25, -0.2) is 9.78 Å². The smallest absolute Gasteiger partial charge is 0.329 e. The van der Waals surface area contributed by atoms with Crippen LogP contribution in [0.5, 0.6) is 0 Å². The molecule has 5 heterocycles. The van der Waals surface area contributed by atoms with Gasteiger partial charge >= 0.3 is 5.69 Å². The zero-order chi connectivity index (χ0) is 45.3. The van der Waals surface area contributed by atoms with Gasteiger partial charge in [0.25, 0.3) is 5.91 Å². The maximum Gasteiger partial charge on any atom is 0.329 e. The third-order valence-corrected chi connectivity index (χ3v) is 12.4. The number of hydrogen-bond acceptors (Lipinski definition) is 12. The molecule has 4 N–H and O–H groups in total. The Morgan fingerprint density at radius 3 is 2.42 bits per heavy atom. The van der Waals surface area contributed by atoms with E-state index in [0.717, 1.165) is 49.1 Å². The Morgan fingerprint density at radius 1 is 0.892 bits per heavy atom. The molecule has 3 aromatic carbocycles. The summed E-state index contributed by atoms with van der Waals surface area (Å²) in [6, 6.07) is 21.1. The number of hydrogen-bond donors (Lipinski definition) is 4. The van der Waals surface area contributed by atoms with E-state index < -0.39 is 11.9 Å². The highest BCUT2D eigenvalue weighted by Gasteiger charge is 2.31. The Hall–Kier alpha value is -6.42. The molecule has 1 fully saturated rings. The minimum Gasteiger partial charge on any atom is -0.381 e. The first-order valence-corrected chi connectivity index (χ1v) is 22.6. The van der Waals surface area contributed by atoms with Gasteiger partial charge in [-0.3, -0.25) is 33.6 Å². The molecule has 17 heteroatoms. The van der Waals surface area contributed by atoms with Crippen molar-refractivity contribution in [3.05, 3.63) is 93.2 Å². The molecule has 2 atom stereocenters. The van der Waals surface area contributed by atoms with Crippen molar-refractivity contribution in [2.45, 2.75) is 44.7 Å². The number of nitrogens with one attached hydrogen (secondary N) is 4. The predicted molar refractivity (Wildman–Crippen MR) is 248 cm³/mol. The number of ether oxygens (including phenoxy) is 4. The third kappa shape index (κ3) is 10.8. The molecule has 2 aliphatic rings. The van der Waals surface area contributed by atoms with E-state index >= 15 is 0 Å². The van der Waals surface area contributed by atoms with E-state index in [1.54, 1.807) is 7.05 Å². The molecule has 0 bridgehead atoms. The van der Waals surface area contributed by atoms with Crippen molar-refractivity contribution in [2.75, 3.05) is 71.3 Å². The van der Waals surface area contributed by atoms with Gasteiger partial charge in [0.1, 0.15) is 17.5 Å². The van der Waals surface area contributed by atoms with Gasteiger partial charge in [-0.2, -0.15) is 0 Å². The van der Waals surface area contributed by atoms with Crippen molar-refractivity contribution in [1.29, 1.82) is 0 Å². The second-order valence-corrected chi connectivity index (χ2v) is 16.9. The lowest BCUT2D eigenvalue weighted by molar-refractivity contribution is -0.135. The fraction of sp³-hybridized carbons (Fsp3) is 0.375. The van der Waals surface area contributed by atoms with Gasteiger partial charge in [-0.05, 0) is 73.9 Å². The van der Waals surface area contributed by atoms with Gasteiger partial charge in [0.15, 0.2) is 0 Å². The fourth-order valence-corrected chi connectivity index (χ4v) is 9.00. The molecule has 338 valence electrons. The van der Waals surface area contributed by atoms with Crippen LogP contribution >= 0.6 is 11.3 Å². The summed E-state index contributed by atoms with van der Waals surface area (Å²) in [5.41, 5.74) is 6.49. The number of carbonyl (C=O) groups is 4. The number of carbonyl (C=O) groups excluding carboxylic acids is 4. The van der Waals surface area contributed by atoms with E-state index in [9.17, 15) is 24.0 Å². The summed E-state index contributed by atoms with van der Waals surface area (Å²) in [6.45, 7) is 5.68. The molecule has 6 aromatic rings. The molecule has 0 radical (unpaired) electrons. The van der Waals surface area contributed by atoms with Gasteiger partial charge in [0, 0.05) is 65.6 Å².